The molecule has 0 aliphatic carbocycles. The minimum absolute atomic E-state index is 0. The molecule has 0 aromatic rings. The molecule has 0 spiro atoms. The molecule has 0 heterocycles. The van der Waals surface area contributed by atoms with Crippen LogP contribution in [0.25, 0.3) is 0 Å². The molecule has 0 bridgehead atoms. The van der Waals surface area contributed by atoms with E-state index in [1.54, 1.807) is 0 Å². The summed E-state index contributed by atoms with van der Waals surface area (Å²) in [4.78, 5) is 9.00. The topological polar surface area (TPSA) is 101 Å². The number of rotatable bonds is 0. The van der Waals surface area contributed by atoms with Crippen LogP contribution in [0.1, 0.15) is 1.43 Å². The standard InChI is InChI=1S/CH4N2O.Na.H2O.H/c2-1(3)4;;;/h(H4,2,3,4);;1H2;/q;+1;;-1. The first kappa shape index (κ1) is 16.3. The summed E-state index contributed by atoms with van der Waals surface area (Å²) in [5.41, 5.74) is 8.50. The fraction of sp³-hybridized carbons (Fsp3) is 0. The molecule has 34 valence electrons. The predicted octanol–water partition coefficient (Wildman–Crippen LogP) is -4.68. The maximum Gasteiger partial charge on any atom is 1.00 e. The number of carbonyl (C=O) groups excluding carboxylic acids is 1. The summed E-state index contributed by atoms with van der Waals surface area (Å²) >= 11 is 0. The second-order valence-electron chi connectivity index (χ2n) is 0.402. The van der Waals surface area contributed by atoms with Crippen LogP contribution in [0.15, 0.2) is 0 Å². The minimum Gasteiger partial charge on any atom is -1.00 e. The Hall–Kier alpha value is 0.230. The summed E-state index contributed by atoms with van der Waals surface area (Å²) in [6.07, 6.45) is 0. The Kier molecular flexibility index (Phi) is 24.4. The average Bonchev–Trinajstić information content (AvgIpc) is 0.811. The van der Waals surface area contributed by atoms with Crippen LogP contribution in [0.3, 0.4) is 0 Å². The summed E-state index contributed by atoms with van der Waals surface area (Å²) in [7, 11) is 0. The van der Waals surface area contributed by atoms with Crippen LogP contribution in [-0.4, -0.2) is 11.5 Å². The van der Waals surface area contributed by atoms with E-state index in [1.165, 1.54) is 0 Å². The molecule has 5 heteroatoms. The largest absolute Gasteiger partial charge is 1.00 e. The van der Waals surface area contributed by atoms with Gasteiger partial charge in [-0.15, -0.1) is 0 Å². The average molecular weight is 102 g/mol. The van der Waals surface area contributed by atoms with Crippen molar-refractivity contribution in [3.05, 3.63) is 0 Å². The molecule has 0 atom stereocenters. The Morgan fingerprint density at radius 3 is 1.50 bits per heavy atom. The third kappa shape index (κ3) is 834. The summed E-state index contributed by atoms with van der Waals surface area (Å²) in [5.74, 6) is 0. The number of carbonyl (C=O) groups is 1. The molecule has 4 nitrogen and oxygen atoms in total. The molecule has 0 fully saturated rings. The molecule has 0 unspecified atom stereocenters. The molecule has 6 heavy (non-hydrogen) atoms. The fourth-order valence-corrected chi connectivity index (χ4v) is 0. The van der Waals surface area contributed by atoms with Gasteiger partial charge in [-0.25, -0.2) is 4.79 Å². The number of urea groups is 1. The molecule has 0 aromatic carbocycles. The van der Waals surface area contributed by atoms with Gasteiger partial charge in [0.25, 0.3) is 0 Å². The van der Waals surface area contributed by atoms with Crippen molar-refractivity contribution in [3.63, 3.8) is 0 Å². The molecule has 2 amide bonds. The van der Waals surface area contributed by atoms with Crippen LogP contribution in [0.2, 0.25) is 0 Å². The second kappa shape index (κ2) is 8.97. The van der Waals surface area contributed by atoms with Crippen LogP contribution in [-0.2, 0) is 0 Å². The van der Waals surface area contributed by atoms with E-state index in [1.807, 2.05) is 0 Å². The van der Waals surface area contributed by atoms with E-state index in [0.717, 1.165) is 0 Å². The summed E-state index contributed by atoms with van der Waals surface area (Å²) in [6.45, 7) is 0. The Labute approximate surface area is 59.0 Å². The van der Waals surface area contributed by atoms with E-state index in [2.05, 4.69) is 11.5 Å². The number of amides is 2. The van der Waals surface area contributed by atoms with Gasteiger partial charge in [0.05, 0.1) is 0 Å². The maximum atomic E-state index is 9.00. The van der Waals surface area contributed by atoms with E-state index < -0.39 is 6.03 Å². The van der Waals surface area contributed by atoms with Gasteiger partial charge in [0.2, 0.25) is 0 Å². The molecule has 0 radical (unpaired) electrons. The Morgan fingerprint density at radius 1 is 1.50 bits per heavy atom. The zero-order valence-electron chi connectivity index (χ0n) is 4.56. The Bertz CT molecular complexity index is 38.7. The van der Waals surface area contributed by atoms with Gasteiger partial charge in [0.15, 0.2) is 0 Å². The third-order valence-corrected chi connectivity index (χ3v) is 0. The quantitative estimate of drug-likeness (QED) is 0.295. The van der Waals surface area contributed by atoms with Gasteiger partial charge in [-0.3, -0.25) is 0 Å². The van der Waals surface area contributed by atoms with E-state index in [-0.39, 0.29) is 36.5 Å². The number of nitrogens with two attached hydrogens (primary N) is 2. The predicted molar refractivity (Wildman–Crippen MR) is 18.5 cm³/mol. The maximum absolute atomic E-state index is 9.00. The molecular weight excluding hydrogens is 95.0 g/mol. The summed E-state index contributed by atoms with van der Waals surface area (Å²) in [5, 5.41) is 0. The minimum atomic E-state index is -0.833. The van der Waals surface area contributed by atoms with Crippen molar-refractivity contribution in [3.8, 4) is 0 Å². The summed E-state index contributed by atoms with van der Waals surface area (Å²) in [6, 6.07) is -0.833. The van der Waals surface area contributed by atoms with Crippen molar-refractivity contribution in [2.45, 2.75) is 0 Å². The Morgan fingerprint density at radius 2 is 1.50 bits per heavy atom. The first-order chi connectivity index (χ1) is 1.73. The molecule has 0 aliphatic rings. The van der Waals surface area contributed by atoms with Crippen molar-refractivity contribution in [1.29, 1.82) is 0 Å². The van der Waals surface area contributed by atoms with Gasteiger partial charge in [-0.1, -0.05) is 0 Å². The number of hydrogen-bond acceptors (Lipinski definition) is 1. The van der Waals surface area contributed by atoms with E-state index >= 15 is 0 Å². The van der Waals surface area contributed by atoms with Crippen molar-refractivity contribution in [1.82, 2.24) is 0 Å². The van der Waals surface area contributed by atoms with Crippen molar-refractivity contribution in [2.75, 3.05) is 0 Å². The smallest absolute Gasteiger partial charge is 1.00 e. The zero-order valence-corrected chi connectivity index (χ0v) is 5.56. The van der Waals surface area contributed by atoms with Crippen LogP contribution >= 0.6 is 0 Å². The van der Waals surface area contributed by atoms with Gasteiger partial charge in [-0.2, -0.15) is 0 Å². The first-order valence-corrected chi connectivity index (χ1v) is 0.781. The molecule has 0 saturated heterocycles. The molecular formula is CH7N2NaO2. The molecule has 6 N–H and O–H groups in total. The number of hydrogen-bond donors (Lipinski definition) is 2. The molecule has 0 aromatic heterocycles. The van der Waals surface area contributed by atoms with Gasteiger partial charge >= 0.3 is 35.6 Å². The van der Waals surface area contributed by atoms with Crippen molar-refractivity contribution in [2.24, 2.45) is 11.5 Å². The van der Waals surface area contributed by atoms with Crippen molar-refractivity contribution < 1.29 is 41.3 Å². The Balaban J connectivity index is -0.0000000150. The van der Waals surface area contributed by atoms with Gasteiger partial charge in [0, 0.05) is 0 Å². The second-order valence-corrected chi connectivity index (χ2v) is 0.402. The zero-order chi connectivity index (χ0) is 3.58. The first-order valence-electron chi connectivity index (χ1n) is 0.781. The van der Waals surface area contributed by atoms with E-state index in [9.17, 15) is 0 Å². The van der Waals surface area contributed by atoms with Crippen molar-refractivity contribution >= 4 is 6.03 Å². The normalized spacial score (nSPS) is 4.00. The van der Waals surface area contributed by atoms with Crippen LogP contribution in [0.5, 0.6) is 0 Å². The van der Waals surface area contributed by atoms with Gasteiger partial charge < -0.3 is 18.4 Å². The van der Waals surface area contributed by atoms with Crippen LogP contribution < -0.4 is 41.0 Å². The van der Waals surface area contributed by atoms with Gasteiger partial charge in [0.1, 0.15) is 0 Å². The SMILES string of the molecule is NC(N)=O.O.[H-].[Na+]. The summed E-state index contributed by atoms with van der Waals surface area (Å²) < 4.78 is 0. The molecule has 0 aliphatic heterocycles. The molecule has 0 saturated carbocycles. The van der Waals surface area contributed by atoms with Gasteiger partial charge in [-0.05, 0) is 0 Å². The molecule has 0 rings (SSSR count). The third-order valence-electron chi connectivity index (χ3n) is 0. The van der Waals surface area contributed by atoms with E-state index in [0.29, 0.717) is 0 Å². The fourth-order valence-electron chi connectivity index (χ4n) is 0. The van der Waals surface area contributed by atoms with Crippen LogP contribution in [0, 0.1) is 0 Å². The van der Waals surface area contributed by atoms with Crippen LogP contribution in [0.4, 0.5) is 4.79 Å². The monoisotopic (exact) mass is 102 g/mol. The van der Waals surface area contributed by atoms with E-state index in [4.69, 9.17) is 4.79 Å². The number of primary amides is 2.